The fourth-order valence-electron chi connectivity index (χ4n) is 2.19. The van der Waals surface area contributed by atoms with Crippen molar-refractivity contribution >= 4 is 29.2 Å². The molecule has 0 radical (unpaired) electrons. The molecule has 0 aliphatic carbocycles. The Kier molecular flexibility index (Phi) is 4.59. The molecule has 2 amide bonds. The molecule has 23 heavy (non-hydrogen) atoms. The average Bonchev–Trinajstić information content (AvgIpc) is 3.07. The molecule has 1 N–H and O–H groups in total. The summed E-state index contributed by atoms with van der Waals surface area (Å²) >= 11 is 5.80. The van der Waals surface area contributed by atoms with E-state index in [0.29, 0.717) is 37.0 Å². The average molecular weight is 335 g/mol. The van der Waals surface area contributed by atoms with Crippen LogP contribution in [0.2, 0.25) is 5.02 Å². The topological polar surface area (TPSA) is 76.5 Å². The third-order valence-corrected chi connectivity index (χ3v) is 3.66. The lowest BCUT2D eigenvalue weighted by atomic mass is 10.3. The van der Waals surface area contributed by atoms with Crippen LogP contribution in [0, 0.1) is 0 Å². The van der Waals surface area contributed by atoms with Crippen molar-refractivity contribution in [1.29, 1.82) is 0 Å². The Labute approximate surface area is 137 Å². The van der Waals surface area contributed by atoms with Gasteiger partial charge >= 0.3 is 6.03 Å². The predicted molar refractivity (Wildman–Crippen MR) is 84.8 cm³/mol. The van der Waals surface area contributed by atoms with E-state index in [0.717, 1.165) is 4.68 Å². The molecule has 1 saturated heterocycles. The molecule has 2 aromatic rings. The molecule has 1 aliphatic rings. The highest BCUT2D eigenvalue weighted by atomic mass is 35.5. The van der Waals surface area contributed by atoms with Gasteiger partial charge in [0.15, 0.2) is 5.69 Å². The first-order valence-corrected chi connectivity index (χ1v) is 7.51. The van der Waals surface area contributed by atoms with Gasteiger partial charge < -0.3 is 15.0 Å². The SMILES string of the molecule is O=C(c1ccn(C(=O)Nc2ccc(Cl)cc2)n1)N1CCOCC1. The minimum Gasteiger partial charge on any atom is -0.378 e. The van der Waals surface area contributed by atoms with Gasteiger partial charge in [-0.2, -0.15) is 9.78 Å². The Morgan fingerprint density at radius 1 is 1.13 bits per heavy atom. The lowest BCUT2D eigenvalue weighted by molar-refractivity contribution is 0.0298. The zero-order valence-electron chi connectivity index (χ0n) is 12.2. The summed E-state index contributed by atoms with van der Waals surface area (Å²) in [5.41, 5.74) is 0.828. The molecule has 0 spiro atoms. The van der Waals surface area contributed by atoms with Crippen molar-refractivity contribution in [3.8, 4) is 0 Å². The summed E-state index contributed by atoms with van der Waals surface area (Å²) in [4.78, 5) is 26.1. The molecule has 3 rings (SSSR count). The molecule has 1 aromatic heterocycles. The van der Waals surface area contributed by atoms with Gasteiger partial charge in [-0.05, 0) is 30.3 Å². The molecule has 8 heteroatoms. The number of benzene rings is 1. The highest BCUT2D eigenvalue weighted by Crippen LogP contribution is 2.13. The Morgan fingerprint density at radius 2 is 1.83 bits per heavy atom. The maximum atomic E-state index is 12.3. The maximum absolute atomic E-state index is 12.3. The molecule has 1 aromatic carbocycles. The van der Waals surface area contributed by atoms with E-state index in [4.69, 9.17) is 16.3 Å². The molecule has 0 atom stereocenters. The maximum Gasteiger partial charge on any atom is 0.346 e. The molecule has 0 unspecified atom stereocenters. The van der Waals surface area contributed by atoms with Crippen LogP contribution in [-0.2, 0) is 4.74 Å². The molecule has 1 aliphatic heterocycles. The lowest BCUT2D eigenvalue weighted by Crippen LogP contribution is -2.41. The van der Waals surface area contributed by atoms with Gasteiger partial charge in [0.2, 0.25) is 0 Å². The van der Waals surface area contributed by atoms with E-state index in [1.165, 1.54) is 12.3 Å². The van der Waals surface area contributed by atoms with E-state index in [2.05, 4.69) is 10.4 Å². The van der Waals surface area contributed by atoms with Crippen LogP contribution in [0.25, 0.3) is 0 Å². The fourth-order valence-corrected chi connectivity index (χ4v) is 2.32. The highest BCUT2D eigenvalue weighted by Gasteiger charge is 2.21. The first-order chi connectivity index (χ1) is 11.1. The van der Waals surface area contributed by atoms with Gasteiger partial charge in [0.1, 0.15) is 0 Å². The monoisotopic (exact) mass is 334 g/mol. The third-order valence-electron chi connectivity index (χ3n) is 3.41. The van der Waals surface area contributed by atoms with Gasteiger partial charge in [-0.15, -0.1) is 0 Å². The number of hydrogen-bond acceptors (Lipinski definition) is 4. The zero-order valence-corrected chi connectivity index (χ0v) is 13.0. The van der Waals surface area contributed by atoms with Crippen LogP contribution in [0.4, 0.5) is 10.5 Å². The number of carbonyl (C=O) groups excluding carboxylic acids is 2. The molecule has 2 heterocycles. The minimum atomic E-state index is -0.451. The zero-order chi connectivity index (χ0) is 16.2. The van der Waals surface area contributed by atoms with Crippen LogP contribution in [-0.4, -0.2) is 52.9 Å². The third kappa shape index (κ3) is 3.69. The fraction of sp³-hybridized carbons (Fsp3) is 0.267. The predicted octanol–water partition coefficient (Wildman–Crippen LogP) is 2.09. The van der Waals surface area contributed by atoms with E-state index in [1.54, 1.807) is 29.2 Å². The molecular weight excluding hydrogens is 320 g/mol. The molecule has 7 nitrogen and oxygen atoms in total. The second-order valence-electron chi connectivity index (χ2n) is 4.99. The summed E-state index contributed by atoms with van der Waals surface area (Å²) in [6.45, 7) is 2.10. The number of aromatic nitrogens is 2. The van der Waals surface area contributed by atoms with Crippen molar-refractivity contribution in [2.75, 3.05) is 31.6 Å². The van der Waals surface area contributed by atoms with Crippen molar-refractivity contribution in [2.45, 2.75) is 0 Å². The summed E-state index contributed by atoms with van der Waals surface area (Å²) < 4.78 is 6.31. The van der Waals surface area contributed by atoms with Crippen molar-refractivity contribution < 1.29 is 14.3 Å². The summed E-state index contributed by atoms with van der Waals surface area (Å²) in [5, 5.41) is 7.30. The number of carbonyl (C=O) groups is 2. The molecule has 120 valence electrons. The highest BCUT2D eigenvalue weighted by molar-refractivity contribution is 6.30. The van der Waals surface area contributed by atoms with E-state index in [-0.39, 0.29) is 11.6 Å². The Hall–Kier alpha value is -2.38. The first-order valence-electron chi connectivity index (χ1n) is 7.13. The van der Waals surface area contributed by atoms with Crippen LogP contribution in [0.15, 0.2) is 36.5 Å². The second kappa shape index (κ2) is 6.80. The molecule has 1 fully saturated rings. The van der Waals surface area contributed by atoms with Crippen molar-refractivity contribution in [3.05, 3.63) is 47.2 Å². The minimum absolute atomic E-state index is 0.202. The Morgan fingerprint density at radius 3 is 2.52 bits per heavy atom. The van der Waals surface area contributed by atoms with Gasteiger partial charge in [-0.3, -0.25) is 4.79 Å². The number of halogens is 1. The van der Waals surface area contributed by atoms with E-state index in [1.807, 2.05) is 0 Å². The molecule has 0 saturated carbocycles. The van der Waals surface area contributed by atoms with Crippen molar-refractivity contribution in [1.82, 2.24) is 14.7 Å². The smallest absolute Gasteiger partial charge is 0.346 e. The van der Waals surface area contributed by atoms with Crippen molar-refractivity contribution in [2.24, 2.45) is 0 Å². The molecular formula is C15H15ClN4O3. The lowest BCUT2D eigenvalue weighted by Gasteiger charge is -2.25. The number of amides is 2. The number of hydrogen-bond donors (Lipinski definition) is 1. The van der Waals surface area contributed by atoms with E-state index >= 15 is 0 Å². The van der Waals surface area contributed by atoms with E-state index in [9.17, 15) is 9.59 Å². The van der Waals surface area contributed by atoms with Crippen LogP contribution in [0.5, 0.6) is 0 Å². The van der Waals surface area contributed by atoms with Gasteiger partial charge in [0.25, 0.3) is 5.91 Å². The number of nitrogens with zero attached hydrogens (tertiary/aromatic N) is 3. The largest absolute Gasteiger partial charge is 0.378 e. The summed E-state index contributed by atoms with van der Waals surface area (Å²) in [6, 6.07) is 7.79. The Balaban J connectivity index is 1.67. The first kappa shape index (κ1) is 15.5. The summed E-state index contributed by atoms with van der Waals surface area (Å²) in [6.07, 6.45) is 1.46. The second-order valence-corrected chi connectivity index (χ2v) is 5.42. The van der Waals surface area contributed by atoms with Crippen LogP contribution < -0.4 is 5.32 Å². The standard InChI is InChI=1S/C15H15ClN4O3/c16-11-1-3-12(4-2-11)17-15(22)20-6-5-13(18-20)14(21)19-7-9-23-10-8-19/h1-6H,7-10H2,(H,17,22). The summed E-state index contributed by atoms with van der Waals surface area (Å²) in [7, 11) is 0. The Bertz CT molecular complexity index is 708. The van der Waals surface area contributed by atoms with Gasteiger partial charge in [-0.1, -0.05) is 11.6 Å². The number of ether oxygens (including phenoxy) is 1. The molecule has 0 bridgehead atoms. The van der Waals surface area contributed by atoms with Crippen molar-refractivity contribution in [3.63, 3.8) is 0 Å². The van der Waals surface area contributed by atoms with Gasteiger partial charge in [0.05, 0.1) is 13.2 Å². The van der Waals surface area contributed by atoms with Gasteiger partial charge in [0, 0.05) is 30.0 Å². The van der Waals surface area contributed by atoms with Crippen LogP contribution >= 0.6 is 11.6 Å². The normalized spacial score (nSPS) is 14.6. The number of rotatable bonds is 2. The van der Waals surface area contributed by atoms with Crippen LogP contribution in [0.1, 0.15) is 10.5 Å². The van der Waals surface area contributed by atoms with E-state index < -0.39 is 6.03 Å². The number of anilines is 1. The number of nitrogens with one attached hydrogen (secondary N) is 1. The number of morpholine rings is 1. The summed E-state index contributed by atoms with van der Waals surface area (Å²) in [5.74, 6) is -0.202. The van der Waals surface area contributed by atoms with Gasteiger partial charge in [-0.25, -0.2) is 4.79 Å². The quantitative estimate of drug-likeness (QED) is 0.912. The van der Waals surface area contributed by atoms with Crippen LogP contribution in [0.3, 0.4) is 0 Å².